The van der Waals surface area contributed by atoms with Crippen molar-refractivity contribution in [2.24, 2.45) is 11.8 Å². The van der Waals surface area contributed by atoms with Gasteiger partial charge in [0.25, 0.3) is 0 Å². The molecule has 2 heteroatoms. The van der Waals surface area contributed by atoms with E-state index in [0.29, 0.717) is 17.7 Å². The van der Waals surface area contributed by atoms with Gasteiger partial charge in [0.2, 0.25) is 5.91 Å². The highest BCUT2D eigenvalue weighted by molar-refractivity contribution is 5.76. The van der Waals surface area contributed by atoms with Gasteiger partial charge in [-0.15, -0.1) is 0 Å². The van der Waals surface area contributed by atoms with E-state index in [9.17, 15) is 4.79 Å². The molecule has 0 bridgehead atoms. The molecule has 0 saturated carbocycles. The molecular formula is C11H21NO. The average molecular weight is 183 g/mol. The number of hydrogen-bond donors (Lipinski definition) is 0. The fourth-order valence-corrected chi connectivity index (χ4v) is 1.73. The molecule has 2 nitrogen and oxygen atoms in total. The highest BCUT2D eigenvalue weighted by Crippen LogP contribution is 2.17. The quantitative estimate of drug-likeness (QED) is 0.657. The average Bonchev–Trinajstić information content (AvgIpc) is 2.47. The summed E-state index contributed by atoms with van der Waals surface area (Å²) in [6, 6.07) is 0. The van der Waals surface area contributed by atoms with Crippen LogP contribution in [0, 0.1) is 11.8 Å². The van der Waals surface area contributed by atoms with E-state index < -0.39 is 0 Å². The van der Waals surface area contributed by atoms with Crippen molar-refractivity contribution in [1.82, 2.24) is 4.90 Å². The molecule has 0 radical (unpaired) electrons. The zero-order chi connectivity index (χ0) is 9.84. The first-order chi connectivity index (χ1) is 6.09. The molecule has 1 fully saturated rings. The van der Waals surface area contributed by atoms with Gasteiger partial charge in [-0.25, -0.2) is 0 Å². The summed E-state index contributed by atoms with van der Waals surface area (Å²) >= 11 is 0. The highest BCUT2D eigenvalue weighted by atomic mass is 16.2. The molecule has 0 spiro atoms. The Morgan fingerprint density at radius 3 is 2.69 bits per heavy atom. The number of rotatable bonds is 3. The SMILES string of the molecule is CC(C)CCC(=O)N1CCC(C)C1. The van der Waals surface area contributed by atoms with E-state index in [1.165, 1.54) is 6.42 Å². The smallest absolute Gasteiger partial charge is 0.222 e. The molecule has 1 saturated heterocycles. The van der Waals surface area contributed by atoms with E-state index in [1.54, 1.807) is 0 Å². The molecule has 0 aromatic carbocycles. The van der Waals surface area contributed by atoms with Gasteiger partial charge in [0.15, 0.2) is 0 Å². The number of carbonyl (C=O) groups is 1. The van der Waals surface area contributed by atoms with Crippen LogP contribution in [0.3, 0.4) is 0 Å². The van der Waals surface area contributed by atoms with Crippen molar-refractivity contribution < 1.29 is 4.79 Å². The van der Waals surface area contributed by atoms with Crippen molar-refractivity contribution in [3.05, 3.63) is 0 Å². The molecule has 1 rings (SSSR count). The number of amides is 1. The Hall–Kier alpha value is -0.530. The summed E-state index contributed by atoms with van der Waals surface area (Å²) in [6.07, 6.45) is 2.96. The Bertz CT molecular complexity index is 177. The lowest BCUT2D eigenvalue weighted by Gasteiger charge is -2.16. The summed E-state index contributed by atoms with van der Waals surface area (Å²) in [5.74, 6) is 1.71. The minimum atomic E-state index is 0.359. The second-order valence-electron chi connectivity index (χ2n) is 4.67. The van der Waals surface area contributed by atoms with Crippen LogP contribution in [0.15, 0.2) is 0 Å². The molecule has 0 N–H and O–H groups in total. The molecular weight excluding hydrogens is 162 g/mol. The van der Waals surface area contributed by atoms with Gasteiger partial charge in [0.05, 0.1) is 0 Å². The number of likely N-dealkylation sites (tertiary alicyclic amines) is 1. The maximum absolute atomic E-state index is 11.6. The van der Waals surface area contributed by atoms with Gasteiger partial charge in [-0.05, 0) is 24.7 Å². The molecule has 0 aromatic heterocycles. The summed E-state index contributed by atoms with van der Waals surface area (Å²) in [6.45, 7) is 8.52. The predicted molar refractivity (Wildman–Crippen MR) is 54.4 cm³/mol. The minimum absolute atomic E-state index is 0.359. The molecule has 1 aliphatic heterocycles. The van der Waals surface area contributed by atoms with Crippen LogP contribution in [-0.4, -0.2) is 23.9 Å². The lowest BCUT2D eigenvalue weighted by Crippen LogP contribution is -2.28. The predicted octanol–water partition coefficient (Wildman–Crippen LogP) is 2.29. The molecule has 13 heavy (non-hydrogen) atoms. The minimum Gasteiger partial charge on any atom is -0.342 e. The summed E-state index contributed by atoms with van der Waals surface area (Å²) in [5.41, 5.74) is 0. The van der Waals surface area contributed by atoms with Gasteiger partial charge < -0.3 is 4.90 Å². The maximum Gasteiger partial charge on any atom is 0.222 e. The molecule has 1 atom stereocenters. The van der Waals surface area contributed by atoms with Crippen LogP contribution in [0.5, 0.6) is 0 Å². The van der Waals surface area contributed by atoms with Crippen molar-refractivity contribution in [3.8, 4) is 0 Å². The van der Waals surface area contributed by atoms with E-state index in [0.717, 1.165) is 25.9 Å². The van der Waals surface area contributed by atoms with Gasteiger partial charge in [-0.1, -0.05) is 20.8 Å². The molecule has 0 aromatic rings. The molecule has 1 heterocycles. The zero-order valence-corrected chi connectivity index (χ0v) is 9.05. The van der Waals surface area contributed by atoms with Crippen LogP contribution in [0.4, 0.5) is 0 Å². The topological polar surface area (TPSA) is 20.3 Å². The Morgan fingerprint density at radius 2 is 2.23 bits per heavy atom. The van der Waals surface area contributed by atoms with E-state index in [2.05, 4.69) is 20.8 Å². The largest absolute Gasteiger partial charge is 0.342 e. The van der Waals surface area contributed by atoms with E-state index in [1.807, 2.05) is 4.90 Å². The standard InChI is InChI=1S/C11H21NO/c1-9(2)4-5-11(13)12-7-6-10(3)8-12/h9-10H,4-8H2,1-3H3. The maximum atomic E-state index is 11.6. The number of nitrogens with zero attached hydrogens (tertiary/aromatic N) is 1. The van der Waals surface area contributed by atoms with Crippen LogP contribution in [0.1, 0.15) is 40.0 Å². The highest BCUT2D eigenvalue weighted by Gasteiger charge is 2.22. The lowest BCUT2D eigenvalue weighted by molar-refractivity contribution is -0.130. The van der Waals surface area contributed by atoms with Gasteiger partial charge in [0, 0.05) is 19.5 Å². The summed E-state index contributed by atoms with van der Waals surface area (Å²) in [5, 5.41) is 0. The summed E-state index contributed by atoms with van der Waals surface area (Å²) in [7, 11) is 0. The van der Waals surface area contributed by atoms with Gasteiger partial charge >= 0.3 is 0 Å². The normalized spacial score (nSPS) is 22.8. The molecule has 0 aliphatic carbocycles. The van der Waals surface area contributed by atoms with E-state index in [4.69, 9.17) is 0 Å². The zero-order valence-electron chi connectivity index (χ0n) is 9.05. The third kappa shape index (κ3) is 3.37. The second kappa shape index (κ2) is 4.64. The third-order valence-corrected chi connectivity index (χ3v) is 2.71. The van der Waals surface area contributed by atoms with Crippen LogP contribution in [0.25, 0.3) is 0 Å². The Balaban J connectivity index is 2.24. The van der Waals surface area contributed by atoms with Gasteiger partial charge in [-0.3, -0.25) is 4.79 Å². The molecule has 1 unspecified atom stereocenters. The summed E-state index contributed by atoms with van der Waals surface area (Å²) < 4.78 is 0. The Morgan fingerprint density at radius 1 is 1.54 bits per heavy atom. The first-order valence-corrected chi connectivity index (χ1v) is 5.37. The first-order valence-electron chi connectivity index (χ1n) is 5.37. The third-order valence-electron chi connectivity index (χ3n) is 2.71. The van der Waals surface area contributed by atoms with Crippen molar-refractivity contribution >= 4 is 5.91 Å². The monoisotopic (exact) mass is 183 g/mol. The molecule has 1 aliphatic rings. The van der Waals surface area contributed by atoms with E-state index >= 15 is 0 Å². The van der Waals surface area contributed by atoms with Crippen molar-refractivity contribution in [1.29, 1.82) is 0 Å². The van der Waals surface area contributed by atoms with Crippen LogP contribution >= 0.6 is 0 Å². The van der Waals surface area contributed by atoms with Crippen LogP contribution < -0.4 is 0 Å². The van der Waals surface area contributed by atoms with Crippen molar-refractivity contribution in [2.75, 3.05) is 13.1 Å². The second-order valence-corrected chi connectivity index (χ2v) is 4.67. The Labute approximate surface area is 81.3 Å². The number of hydrogen-bond acceptors (Lipinski definition) is 1. The van der Waals surface area contributed by atoms with Gasteiger partial charge in [0.1, 0.15) is 0 Å². The fraction of sp³-hybridized carbons (Fsp3) is 0.909. The fourth-order valence-electron chi connectivity index (χ4n) is 1.73. The summed E-state index contributed by atoms with van der Waals surface area (Å²) in [4.78, 5) is 13.6. The molecule has 76 valence electrons. The lowest BCUT2D eigenvalue weighted by atomic mass is 10.1. The van der Waals surface area contributed by atoms with Crippen molar-refractivity contribution in [3.63, 3.8) is 0 Å². The first kappa shape index (κ1) is 10.6. The number of carbonyl (C=O) groups excluding carboxylic acids is 1. The Kier molecular flexibility index (Phi) is 3.76. The molecule has 1 amide bonds. The van der Waals surface area contributed by atoms with Crippen molar-refractivity contribution in [2.45, 2.75) is 40.0 Å². The van der Waals surface area contributed by atoms with Crippen LogP contribution in [-0.2, 0) is 4.79 Å². The van der Waals surface area contributed by atoms with Crippen LogP contribution in [0.2, 0.25) is 0 Å². The van der Waals surface area contributed by atoms with E-state index in [-0.39, 0.29) is 0 Å². The van der Waals surface area contributed by atoms with Gasteiger partial charge in [-0.2, -0.15) is 0 Å².